The Labute approximate surface area is 193 Å². The summed E-state index contributed by atoms with van der Waals surface area (Å²) in [6.07, 6.45) is -8.29. The van der Waals surface area contributed by atoms with Crippen molar-refractivity contribution in [3.8, 4) is 0 Å². The monoisotopic (exact) mass is 892 g/mol. The van der Waals surface area contributed by atoms with Crippen molar-refractivity contribution in [3.05, 3.63) is 0 Å². The van der Waals surface area contributed by atoms with Gasteiger partial charge in [0.15, 0.2) is 0 Å². The van der Waals surface area contributed by atoms with Gasteiger partial charge in [0.1, 0.15) is 0 Å². The van der Waals surface area contributed by atoms with Crippen LogP contribution in [0.3, 0.4) is 0 Å². The van der Waals surface area contributed by atoms with Crippen molar-refractivity contribution in [2.24, 2.45) is 0 Å². The van der Waals surface area contributed by atoms with Crippen LogP contribution >= 0.6 is 0 Å². The van der Waals surface area contributed by atoms with Gasteiger partial charge in [0.05, 0.1) is 0 Å². The van der Waals surface area contributed by atoms with Gasteiger partial charge in [0.25, 0.3) is 0 Å². The molecule has 0 aromatic carbocycles. The molecule has 0 radical (unpaired) electrons. The molecular weight excluding hydrogens is 862 g/mol. The molecule has 10 heterocycles. The van der Waals surface area contributed by atoms with Crippen LogP contribution in [0, 0.1) is 0 Å². The number of aliphatic hydroxyl groups is 4. The fraction of sp³-hybridized carbons (Fsp3) is 1.00. The Morgan fingerprint density at radius 3 is 1.18 bits per heavy atom. The molecule has 6 bridgehead atoms. The van der Waals surface area contributed by atoms with Crippen LogP contribution in [0.5, 0.6) is 0 Å². The van der Waals surface area contributed by atoms with Gasteiger partial charge in [-0.3, -0.25) is 0 Å². The van der Waals surface area contributed by atoms with E-state index in [0.29, 0.717) is 0 Å². The normalized spacial score (nSPS) is 53.9. The second kappa shape index (κ2) is 8.02. The van der Waals surface area contributed by atoms with E-state index < -0.39 is 90.9 Å². The van der Waals surface area contributed by atoms with Gasteiger partial charge < -0.3 is 21.9 Å². The molecule has 0 saturated carbocycles. The first-order valence-corrected chi connectivity index (χ1v) is 23.0. The predicted molar refractivity (Wildman–Crippen MR) is 99.1 cm³/mol. The maximum absolute atomic E-state index is 10.6. The molecule has 20 heteroatoms. The third kappa shape index (κ3) is 3.53. The first-order valence-electron chi connectivity index (χ1n) is 8.78. The Hall–Kier alpha value is 1.05. The summed E-state index contributed by atoms with van der Waals surface area (Å²) < 4.78 is 57.4. The first kappa shape index (κ1) is 30.3. The fourth-order valence-corrected chi connectivity index (χ4v) is 29.6. The molecule has 10 aliphatic rings. The Bertz CT molecular complexity index is 725. The molecule has 33 heavy (non-hydrogen) atoms. The zero-order valence-electron chi connectivity index (χ0n) is 16.1. The van der Waals surface area contributed by atoms with Crippen LogP contribution in [-0.4, -0.2) is 133 Å². The van der Waals surface area contributed by atoms with Crippen LogP contribution in [0.1, 0.15) is 33.1 Å². The van der Waals surface area contributed by atoms with E-state index >= 15 is 0 Å². The van der Waals surface area contributed by atoms with Gasteiger partial charge in [0, 0.05) is 0 Å². The van der Waals surface area contributed by atoms with Gasteiger partial charge in [-0.05, 0) is 0 Å². The molecular formula is C13H30Bi2O18. The Balaban J connectivity index is 0.000000771. The van der Waals surface area contributed by atoms with Crippen molar-refractivity contribution in [1.82, 2.24) is 0 Å². The summed E-state index contributed by atoms with van der Waals surface area (Å²) in [5, 5.41) is 41.6. The van der Waals surface area contributed by atoms with Crippen LogP contribution in [0.2, 0.25) is 0 Å². The van der Waals surface area contributed by atoms with Crippen LogP contribution in [0.25, 0.3) is 0 Å². The SMILES string of the molecule is C.O.O.O.O.OC1CC23CC4[O][Bi]56([O]C(O)CC(CC7[O][Bi]([O]1)([O]7)([O]C2O)[O]3)([O]5)C(O)[O]6)[O]4. The molecule has 10 rings (SSSR count). The van der Waals surface area contributed by atoms with Crippen molar-refractivity contribution in [2.75, 3.05) is 0 Å². The summed E-state index contributed by atoms with van der Waals surface area (Å²) in [7, 11) is 0. The van der Waals surface area contributed by atoms with E-state index in [2.05, 4.69) is 0 Å². The van der Waals surface area contributed by atoms with Crippen LogP contribution in [0.4, 0.5) is 0 Å². The molecule has 0 aromatic heterocycles. The number of hydrogen-bond donors (Lipinski definition) is 4. The van der Waals surface area contributed by atoms with Crippen LogP contribution in [0.15, 0.2) is 0 Å². The minimum atomic E-state index is -5.80. The first-order chi connectivity index (χ1) is 13.1. The van der Waals surface area contributed by atoms with Crippen LogP contribution < -0.4 is 0 Å². The van der Waals surface area contributed by atoms with Gasteiger partial charge >= 0.3 is 165 Å². The molecule has 12 N–H and O–H groups in total. The molecule has 10 fully saturated rings. The maximum atomic E-state index is 10.6. The van der Waals surface area contributed by atoms with Crippen molar-refractivity contribution in [3.63, 3.8) is 0 Å². The quantitative estimate of drug-likeness (QED) is 0.165. The Kier molecular flexibility index (Phi) is 7.36. The molecule has 0 aliphatic carbocycles. The molecule has 10 aliphatic heterocycles. The number of rotatable bonds is 0. The number of aliphatic hydroxyl groups excluding tert-OH is 4. The molecule has 2 spiro atoms. The average molecular weight is 892 g/mol. The summed E-state index contributed by atoms with van der Waals surface area (Å²) in [5.41, 5.74) is -2.93. The summed E-state index contributed by atoms with van der Waals surface area (Å²) in [6.45, 7) is 0. The molecule has 6 unspecified atom stereocenters. The topological polar surface area (TPSA) is 299 Å². The van der Waals surface area contributed by atoms with E-state index in [4.69, 9.17) is 28.1 Å². The third-order valence-electron chi connectivity index (χ3n) is 5.92. The second-order valence-corrected chi connectivity index (χ2v) is 27.5. The van der Waals surface area contributed by atoms with Crippen molar-refractivity contribution in [2.45, 2.75) is 82.1 Å². The van der Waals surface area contributed by atoms with Crippen LogP contribution in [-0.2, 0) is 28.1 Å². The third-order valence-corrected chi connectivity index (χ3v) is 28.9. The van der Waals surface area contributed by atoms with Crippen molar-refractivity contribution < 1.29 is 70.5 Å². The molecule has 10 saturated heterocycles. The summed E-state index contributed by atoms with van der Waals surface area (Å²) in [6, 6.07) is 0. The zero-order valence-corrected chi connectivity index (χ0v) is 23.0. The molecule has 18 nitrogen and oxygen atoms in total. The summed E-state index contributed by atoms with van der Waals surface area (Å²) in [5.74, 6) is 0. The summed E-state index contributed by atoms with van der Waals surface area (Å²) in [4.78, 5) is 0. The standard InChI is InChI=1S/2C6H9O7.CH4.2Bi.4H2O/c2*7-3(8)1-6(13,5(11)12)2-4(9)10;;;;;;;/h2*3-5,7,11H,1-2H2;1H4;;;4*1H2/q2*-5;;2*+5;;;;. The fourth-order valence-electron chi connectivity index (χ4n) is 4.90. The van der Waals surface area contributed by atoms with E-state index in [1.807, 2.05) is 0 Å². The van der Waals surface area contributed by atoms with Gasteiger partial charge in [-0.25, -0.2) is 0 Å². The van der Waals surface area contributed by atoms with Gasteiger partial charge in [-0.1, -0.05) is 7.43 Å². The van der Waals surface area contributed by atoms with Crippen molar-refractivity contribution >= 4 is 42.0 Å². The Morgan fingerprint density at radius 2 is 0.848 bits per heavy atom. The second-order valence-electron chi connectivity index (χ2n) is 7.94. The summed E-state index contributed by atoms with van der Waals surface area (Å²) >= 11 is -11.6. The van der Waals surface area contributed by atoms with Crippen molar-refractivity contribution in [1.29, 1.82) is 0 Å². The van der Waals surface area contributed by atoms with E-state index in [9.17, 15) is 20.4 Å². The minimum absolute atomic E-state index is 0. The van der Waals surface area contributed by atoms with E-state index in [1.54, 1.807) is 0 Å². The number of hydrogen-bond acceptors (Lipinski definition) is 14. The van der Waals surface area contributed by atoms with Gasteiger partial charge in [-0.15, -0.1) is 0 Å². The van der Waals surface area contributed by atoms with Gasteiger partial charge in [-0.2, -0.15) is 0 Å². The molecule has 0 aromatic rings. The average Bonchev–Trinajstić information content (AvgIpc) is 2.79. The Morgan fingerprint density at radius 1 is 0.515 bits per heavy atom. The van der Waals surface area contributed by atoms with E-state index in [0.717, 1.165) is 0 Å². The van der Waals surface area contributed by atoms with E-state index in [1.165, 1.54) is 0 Å². The molecule has 200 valence electrons. The predicted octanol–water partition coefficient (Wildman–Crippen LogP) is -5.68. The molecule has 0 amide bonds. The van der Waals surface area contributed by atoms with Gasteiger partial charge in [0.2, 0.25) is 0 Å². The van der Waals surface area contributed by atoms with E-state index in [-0.39, 0.29) is 55.0 Å². The zero-order chi connectivity index (χ0) is 19.3. The molecule has 6 atom stereocenters.